The summed E-state index contributed by atoms with van der Waals surface area (Å²) in [7, 11) is 0. The highest BCUT2D eigenvalue weighted by Crippen LogP contribution is 2.29. The van der Waals surface area contributed by atoms with Crippen LogP contribution in [0.3, 0.4) is 0 Å². The lowest BCUT2D eigenvalue weighted by Crippen LogP contribution is -2.47. The molecule has 3 N–H and O–H groups in total. The van der Waals surface area contributed by atoms with Gasteiger partial charge in [-0.25, -0.2) is 4.98 Å². The van der Waals surface area contributed by atoms with Crippen LogP contribution in [0.25, 0.3) is 0 Å². The zero-order valence-corrected chi connectivity index (χ0v) is 11.0. The van der Waals surface area contributed by atoms with E-state index in [1.165, 1.54) is 0 Å². The number of anilines is 1. The third-order valence-electron chi connectivity index (χ3n) is 3.03. The van der Waals surface area contributed by atoms with Crippen molar-refractivity contribution >= 4 is 27.7 Å². The van der Waals surface area contributed by atoms with Crippen LogP contribution in [0.15, 0.2) is 22.8 Å². The fourth-order valence-corrected chi connectivity index (χ4v) is 2.00. The Kier molecular flexibility index (Phi) is 3.46. The smallest absolute Gasteiger partial charge is 0.235 e. The summed E-state index contributed by atoms with van der Waals surface area (Å²) in [6.07, 6.45) is 1.62. The number of hydrogen-bond donors (Lipinski definition) is 2. The van der Waals surface area contributed by atoms with Crippen LogP contribution in [0.1, 0.15) is 6.92 Å². The van der Waals surface area contributed by atoms with E-state index < -0.39 is 5.41 Å². The van der Waals surface area contributed by atoms with E-state index >= 15 is 0 Å². The second-order valence-corrected chi connectivity index (χ2v) is 5.18. The lowest BCUT2D eigenvalue weighted by Gasteiger charge is -2.25. The van der Waals surface area contributed by atoms with Crippen molar-refractivity contribution < 1.29 is 9.53 Å². The molecule has 0 radical (unpaired) electrons. The molecule has 5 nitrogen and oxygen atoms in total. The second kappa shape index (κ2) is 4.72. The number of hydrogen-bond acceptors (Lipinski definition) is 4. The molecule has 1 saturated heterocycles. The van der Waals surface area contributed by atoms with Crippen molar-refractivity contribution in [1.29, 1.82) is 0 Å². The molecule has 1 amide bonds. The molecular formula is C11H14BrN3O2. The fraction of sp³-hybridized carbons (Fsp3) is 0.455. The van der Waals surface area contributed by atoms with Gasteiger partial charge in [-0.2, -0.15) is 0 Å². The first-order chi connectivity index (χ1) is 8.04. The van der Waals surface area contributed by atoms with Gasteiger partial charge in [-0.3, -0.25) is 4.79 Å². The van der Waals surface area contributed by atoms with Gasteiger partial charge in [0.15, 0.2) is 0 Å². The van der Waals surface area contributed by atoms with Crippen LogP contribution in [-0.4, -0.2) is 30.1 Å². The Morgan fingerprint density at radius 1 is 1.76 bits per heavy atom. The molecule has 0 bridgehead atoms. The number of nitrogens with one attached hydrogen (secondary N) is 1. The number of nitrogens with zero attached hydrogens (tertiary/aromatic N) is 1. The summed E-state index contributed by atoms with van der Waals surface area (Å²) in [5.74, 6) is 0.333. The average molecular weight is 300 g/mol. The van der Waals surface area contributed by atoms with E-state index in [2.05, 4.69) is 26.2 Å². The van der Waals surface area contributed by atoms with Gasteiger partial charge in [0.2, 0.25) is 5.91 Å². The van der Waals surface area contributed by atoms with Gasteiger partial charge in [0.1, 0.15) is 5.82 Å². The Hall–Kier alpha value is -0.980. The molecule has 1 aromatic rings. The summed E-state index contributed by atoms with van der Waals surface area (Å²) in [4.78, 5) is 16.3. The predicted octanol–water partition coefficient (Wildman–Crippen LogP) is 1.15. The van der Waals surface area contributed by atoms with Crippen molar-refractivity contribution in [2.75, 3.05) is 18.5 Å². The first kappa shape index (κ1) is 12.5. The molecule has 2 atom stereocenters. The minimum atomic E-state index is -0.697. The number of amides is 1. The third kappa shape index (κ3) is 2.34. The van der Waals surface area contributed by atoms with Crippen LogP contribution in [0.2, 0.25) is 0 Å². The summed E-state index contributed by atoms with van der Waals surface area (Å²) in [5, 5.41) is 2.77. The highest BCUT2D eigenvalue weighted by Gasteiger charge is 2.44. The van der Waals surface area contributed by atoms with Gasteiger partial charge < -0.3 is 15.8 Å². The molecule has 6 heteroatoms. The van der Waals surface area contributed by atoms with Gasteiger partial charge in [-0.1, -0.05) is 0 Å². The highest BCUT2D eigenvalue weighted by molar-refractivity contribution is 9.10. The SMILES string of the molecule is CC1(C(=O)Nc2ncccc2Br)COCC1N. The maximum Gasteiger partial charge on any atom is 0.235 e. The lowest BCUT2D eigenvalue weighted by molar-refractivity contribution is -0.125. The van der Waals surface area contributed by atoms with E-state index in [9.17, 15) is 4.79 Å². The predicted molar refractivity (Wildman–Crippen MR) is 67.5 cm³/mol. The first-order valence-electron chi connectivity index (χ1n) is 5.29. The molecule has 1 aliphatic heterocycles. The monoisotopic (exact) mass is 299 g/mol. The topological polar surface area (TPSA) is 77.2 Å². The standard InChI is InChI=1S/C11H14BrN3O2/c1-11(6-17-5-8(11)13)10(16)15-9-7(12)3-2-4-14-9/h2-4,8H,5-6,13H2,1H3,(H,14,15,16). The summed E-state index contributed by atoms with van der Waals surface area (Å²) in [6.45, 7) is 2.55. The van der Waals surface area contributed by atoms with E-state index in [0.29, 0.717) is 19.0 Å². The second-order valence-electron chi connectivity index (χ2n) is 4.33. The van der Waals surface area contributed by atoms with Crippen LogP contribution < -0.4 is 11.1 Å². The minimum Gasteiger partial charge on any atom is -0.379 e. The Morgan fingerprint density at radius 3 is 3.12 bits per heavy atom. The van der Waals surface area contributed by atoms with Gasteiger partial charge in [0.25, 0.3) is 0 Å². The van der Waals surface area contributed by atoms with Gasteiger partial charge >= 0.3 is 0 Å². The zero-order chi connectivity index (χ0) is 12.5. The van der Waals surface area contributed by atoms with Crippen molar-refractivity contribution in [3.63, 3.8) is 0 Å². The lowest BCUT2D eigenvalue weighted by atomic mass is 9.85. The van der Waals surface area contributed by atoms with E-state index in [1.807, 2.05) is 6.07 Å². The number of rotatable bonds is 2. The van der Waals surface area contributed by atoms with Crippen LogP contribution >= 0.6 is 15.9 Å². The minimum absolute atomic E-state index is 0.165. The molecule has 0 saturated carbocycles. The largest absolute Gasteiger partial charge is 0.379 e. The molecule has 1 fully saturated rings. The van der Waals surface area contributed by atoms with E-state index in [1.54, 1.807) is 19.2 Å². The molecule has 17 heavy (non-hydrogen) atoms. The zero-order valence-electron chi connectivity index (χ0n) is 9.44. The van der Waals surface area contributed by atoms with Gasteiger partial charge in [-0.05, 0) is 35.0 Å². The molecular weight excluding hydrogens is 286 g/mol. The van der Waals surface area contributed by atoms with Crippen LogP contribution in [0.4, 0.5) is 5.82 Å². The van der Waals surface area contributed by atoms with E-state index in [-0.39, 0.29) is 11.9 Å². The molecule has 2 rings (SSSR count). The van der Waals surface area contributed by atoms with Crippen molar-refractivity contribution in [3.05, 3.63) is 22.8 Å². The third-order valence-corrected chi connectivity index (χ3v) is 3.67. The molecule has 2 heterocycles. The van der Waals surface area contributed by atoms with Gasteiger partial charge in [0.05, 0.1) is 23.1 Å². The van der Waals surface area contributed by atoms with Gasteiger partial charge in [0, 0.05) is 12.2 Å². The number of halogens is 1. The fourth-order valence-electron chi connectivity index (χ4n) is 1.65. The Balaban J connectivity index is 2.15. The maximum absolute atomic E-state index is 12.2. The first-order valence-corrected chi connectivity index (χ1v) is 6.08. The van der Waals surface area contributed by atoms with Crippen molar-refractivity contribution in [2.24, 2.45) is 11.1 Å². The molecule has 1 aliphatic rings. The number of pyridine rings is 1. The number of ether oxygens (including phenoxy) is 1. The van der Waals surface area contributed by atoms with Crippen molar-refractivity contribution in [1.82, 2.24) is 4.98 Å². The quantitative estimate of drug-likeness (QED) is 0.859. The van der Waals surface area contributed by atoms with Crippen molar-refractivity contribution in [2.45, 2.75) is 13.0 Å². The summed E-state index contributed by atoms with van der Waals surface area (Å²) >= 11 is 3.33. The number of carbonyl (C=O) groups excluding carboxylic acids is 1. The highest BCUT2D eigenvalue weighted by atomic mass is 79.9. The van der Waals surface area contributed by atoms with Crippen LogP contribution in [0, 0.1) is 5.41 Å². The molecule has 0 spiro atoms. The number of nitrogens with two attached hydrogens (primary N) is 1. The van der Waals surface area contributed by atoms with Crippen LogP contribution in [0.5, 0.6) is 0 Å². The Bertz CT molecular complexity index is 440. The maximum atomic E-state index is 12.2. The number of carbonyl (C=O) groups is 1. The molecule has 0 aromatic carbocycles. The summed E-state index contributed by atoms with van der Waals surface area (Å²) < 4.78 is 5.98. The number of aromatic nitrogens is 1. The van der Waals surface area contributed by atoms with E-state index in [4.69, 9.17) is 10.5 Å². The van der Waals surface area contributed by atoms with Crippen LogP contribution in [-0.2, 0) is 9.53 Å². The van der Waals surface area contributed by atoms with Gasteiger partial charge in [-0.15, -0.1) is 0 Å². The normalized spacial score (nSPS) is 28.1. The molecule has 92 valence electrons. The van der Waals surface area contributed by atoms with Crippen molar-refractivity contribution in [3.8, 4) is 0 Å². The average Bonchev–Trinajstić information content (AvgIpc) is 2.64. The van der Waals surface area contributed by atoms with E-state index in [0.717, 1.165) is 4.47 Å². The summed E-state index contributed by atoms with van der Waals surface area (Å²) in [5.41, 5.74) is 5.19. The molecule has 0 aliphatic carbocycles. The molecule has 2 unspecified atom stereocenters. The Morgan fingerprint density at radius 2 is 2.53 bits per heavy atom. The molecule has 1 aromatic heterocycles. The Labute approximate surface area is 108 Å². The summed E-state index contributed by atoms with van der Waals surface area (Å²) in [6, 6.07) is 3.31.